The van der Waals surface area contributed by atoms with Crippen LogP contribution in [0.15, 0.2) is 90.7 Å². The van der Waals surface area contributed by atoms with Gasteiger partial charge in [0.1, 0.15) is 5.76 Å². The minimum absolute atomic E-state index is 0.0303. The second-order valence-corrected chi connectivity index (χ2v) is 17.1. The lowest BCUT2D eigenvalue weighted by atomic mass is 9.70. The lowest BCUT2D eigenvalue weighted by molar-refractivity contribution is -0.742. The molecule has 4 aliphatic rings. The Balaban J connectivity index is 0.000000183. The lowest BCUT2D eigenvalue weighted by Crippen LogP contribution is -2.49. The zero-order valence-electron chi connectivity index (χ0n) is 33.0. The van der Waals surface area contributed by atoms with Crippen LogP contribution in [0.25, 0.3) is 27.8 Å². The van der Waals surface area contributed by atoms with E-state index >= 15 is 0 Å². The molecule has 8 rings (SSSR count). The molecule has 4 aromatic carbocycles. The van der Waals surface area contributed by atoms with Crippen molar-refractivity contribution >= 4 is 46.1 Å². The van der Waals surface area contributed by atoms with Crippen molar-refractivity contribution in [3.05, 3.63) is 143 Å². The van der Waals surface area contributed by atoms with Crippen LogP contribution in [0.4, 0.5) is 0 Å². The van der Waals surface area contributed by atoms with E-state index < -0.39 is 32.5 Å². The molecule has 0 heterocycles. The number of aliphatic hydroxyl groups is 1. The molecule has 59 heavy (non-hydrogen) atoms. The summed E-state index contributed by atoms with van der Waals surface area (Å²) in [5.41, 5.74) is 3.32. The summed E-state index contributed by atoms with van der Waals surface area (Å²) < 4.78 is 0. The van der Waals surface area contributed by atoms with E-state index in [1.54, 1.807) is 31.2 Å². The van der Waals surface area contributed by atoms with Crippen LogP contribution in [0.1, 0.15) is 99.3 Å². The standard InChI is InChI=1S/C23H22ClNO4.C23H23ClO2.HNO3/c1-15-5-6-17(16-7-9-18(24)10-8-16)13-19(15)23(25(28)29)20(26)14-22(21(23)27)11-3-2-4-12-22;1-15-5-6-17(16-7-9-18(24)10-8-16)13-19(15)21-20(25)14-23(22(21)26)11-3-2-4-12-23;2-1(3)4/h5-10,13H,2-4,11-12,14H2,1H3;5-10,13,26H,2-4,11-12,14H2,1H3;(H,2,3,4). The number of nitro groups is 1. The summed E-state index contributed by atoms with van der Waals surface area (Å²) >= 11 is 12.0. The van der Waals surface area contributed by atoms with Gasteiger partial charge in [0.05, 0.1) is 5.57 Å². The Morgan fingerprint density at radius 3 is 1.54 bits per heavy atom. The Morgan fingerprint density at radius 2 is 1.05 bits per heavy atom. The van der Waals surface area contributed by atoms with E-state index in [-0.39, 0.29) is 23.2 Å². The van der Waals surface area contributed by atoms with Crippen molar-refractivity contribution in [2.75, 3.05) is 0 Å². The quantitative estimate of drug-likeness (QED) is 0.112. The molecule has 3 fully saturated rings. The monoisotopic (exact) mass is 840 g/mol. The minimum atomic E-state index is -2.30. The van der Waals surface area contributed by atoms with Gasteiger partial charge in [-0.2, -0.15) is 0 Å². The molecule has 0 saturated heterocycles. The van der Waals surface area contributed by atoms with Crippen LogP contribution in [0.5, 0.6) is 0 Å². The van der Waals surface area contributed by atoms with E-state index in [0.29, 0.717) is 51.8 Å². The highest BCUT2D eigenvalue weighted by molar-refractivity contribution is 6.31. The highest BCUT2D eigenvalue weighted by atomic mass is 35.5. The van der Waals surface area contributed by atoms with Gasteiger partial charge in [-0.05, 0) is 115 Å². The number of Topliss-reactive ketones (excluding diaryl/α,β-unsaturated/α-hetero) is 3. The number of nitrogens with zero attached hydrogens (tertiary/aromatic N) is 2. The first-order chi connectivity index (χ1) is 28.0. The molecule has 0 amide bonds. The molecular weight excluding hydrogens is 795 g/mol. The van der Waals surface area contributed by atoms with Crippen molar-refractivity contribution in [2.24, 2.45) is 10.8 Å². The molecule has 0 bridgehead atoms. The number of aryl methyl sites for hydroxylation is 2. The maximum atomic E-state index is 13.6. The second kappa shape index (κ2) is 17.5. The number of aliphatic hydroxyl groups excluding tert-OH is 1. The van der Waals surface area contributed by atoms with Gasteiger partial charge in [0.2, 0.25) is 11.6 Å². The summed E-state index contributed by atoms with van der Waals surface area (Å²) in [5, 5.41) is 38.3. The molecule has 11 nitrogen and oxygen atoms in total. The van der Waals surface area contributed by atoms with Gasteiger partial charge in [-0.25, -0.2) is 0 Å². The van der Waals surface area contributed by atoms with E-state index in [9.17, 15) is 29.6 Å². The maximum Gasteiger partial charge on any atom is 0.362 e. The van der Waals surface area contributed by atoms with Crippen LogP contribution >= 0.6 is 23.2 Å². The van der Waals surface area contributed by atoms with Gasteiger partial charge in [-0.15, -0.1) is 10.1 Å². The second-order valence-electron chi connectivity index (χ2n) is 16.2. The van der Waals surface area contributed by atoms with Crippen molar-refractivity contribution in [1.82, 2.24) is 0 Å². The number of allylic oxidation sites excluding steroid dienone is 2. The van der Waals surface area contributed by atoms with Crippen molar-refractivity contribution < 1.29 is 34.7 Å². The van der Waals surface area contributed by atoms with Crippen LogP contribution in [0, 0.1) is 44.9 Å². The molecule has 4 aromatic rings. The third kappa shape index (κ3) is 8.41. The Hall–Kier alpha value is -5.39. The normalized spacial score (nSPS) is 20.5. The molecule has 2 N–H and O–H groups in total. The fourth-order valence-corrected chi connectivity index (χ4v) is 9.81. The van der Waals surface area contributed by atoms with Crippen molar-refractivity contribution in [3.8, 4) is 22.3 Å². The third-order valence-corrected chi connectivity index (χ3v) is 13.1. The Morgan fingerprint density at radius 1 is 0.610 bits per heavy atom. The highest BCUT2D eigenvalue weighted by Crippen LogP contribution is 2.54. The summed E-state index contributed by atoms with van der Waals surface area (Å²) in [7, 11) is 0. The van der Waals surface area contributed by atoms with Crippen LogP contribution in [-0.2, 0) is 19.9 Å². The SMILES string of the molecule is Cc1ccc(-c2ccc(Cl)cc2)cc1C1([N+](=O)[O-])C(=O)CC2(CCCCC2)C1=O.Cc1ccc(-c2ccc(Cl)cc2)cc1C1=C(O)C2(CCCCC2)CC1=O.O=[N+]([O-])O. The number of benzene rings is 4. The van der Waals surface area contributed by atoms with E-state index in [2.05, 4.69) is 6.07 Å². The summed E-state index contributed by atoms with van der Waals surface area (Å²) in [6.07, 6.45) is 9.43. The topological polar surface area (TPSA) is 178 Å². The third-order valence-electron chi connectivity index (χ3n) is 12.6. The molecule has 13 heteroatoms. The molecule has 1 unspecified atom stereocenters. The molecular formula is C46H46Cl2N2O9. The summed E-state index contributed by atoms with van der Waals surface area (Å²) in [6.45, 7) is 3.72. The average molecular weight is 842 g/mol. The van der Waals surface area contributed by atoms with Gasteiger partial charge >= 0.3 is 5.54 Å². The van der Waals surface area contributed by atoms with Crippen molar-refractivity contribution in [3.63, 3.8) is 0 Å². The number of hydrogen-bond acceptors (Lipinski definition) is 8. The molecule has 2 spiro atoms. The van der Waals surface area contributed by atoms with Crippen LogP contribution < -0.4 is 0 Å². The van der Waals surface area contributed by atoms with Gasteiger partial charge in [0.15, 0.2) is 5.78 Å². The van der Waals surface area contributed by atoms with Crippen LogP contribution in [-0.4, -0.2) is 37.7 Å². The van der Waals surface area contributed by atoms with Gasteiger partial charge < -0.3 is 10.3 Å². The van der Waals surface area contributed by atoms with Gasteiger partial charge in [0, 0.05) is 44.2 Å². The van der Waals surface area contributed by atoms with E-state index in [0.717, 1.165) is 72.8 Å². The van der Waals surface area contributed by atoms with Crippen molar-refractivity contribution in [1.29, 1.82) is 0 Å². The minimum Gasteiger partial charge on any atom is -0.511 e. The predicted molar refractivity (Wildman–Crippen MR) is 226 cm³/mol. The Kier molecular flexibility index (Phi) is 12.8. The molecule has 3 saturated carbocycles. The average Bonchev–Trinajstić information content (AvgIpc) is 3.56. The first-order valence-electron chi connectivity index (χ1n) is 19.8. The first kappa shape index (κ1) is 43.2. The predicted octanol–water partition coefficient (Wildman–Crippen LogP) is 11.4. The summed E-state index contributed by atoms with van der Waals surface area (Å²) in [5.74, 6) is -0.680. The highest BCUT2D eigenvalue weighted by Gasteiger charge is 2.71. The van der Waals surface area contributed by atoms with Gasteiger partial charge in [-0.1, -0.05) is 110 Å². The lowest BCUT2D eigenvalue weighted by Gasteiger charge is -2.32. The summed E-state index contributed by atoms with van der Waals surface area (Å²) in [4.78, 5) is 59.8. The number of carbonyl (C=O) groups is 3. The number of ketones is 3. The first-order valence-corrected chi connectivity index (χ1v) is 20.6. The van der Waals surface area contributed by atoms with Crippen molar-refractivity contribution in [2.45, 2.75) is 96.4 Å². The smallest absolute Gasteiger partial charge is 0.362 e. The molecule has 0 aromatic heterocycles. The number of carbonyl (C=O) groups excluding carboxylic acids is 3. The number of halogens is 2. The molecule has 1 atom stereocenters. The fourth-order valence-electron chi connectivity index (χ4n) is 9.56. The molecule has 4 aliphatic carbocycles. The maximum absolute atomic E-state index is 13.6. The van der Waals surface area contributed by atoms with Gasteiger partial charge in [-0.3, -0.25) is 24.5 Å². The van der Waals surface area contributed by atoms with E-state index in [1.807, 2.05) is 61.5 Å². The Bertz CT molecular complexity index is 2320. The molecule has 0 radical (unpaired) electrons. The fraction of sp³-hybridized carbons (Fsp3) is 0.370. The Labute approximate surface area is 352 Å². The van der Waals surface area contributed by atoms with Gasteiger partial charge in [0.25, 0.3) is 5.09 Å². The number of hydrogen-bond donors (Lipinski definition) is 2. The molecule has 0 aliphatic heterocycles. The van der Waals surface area contributed by atoms with Crippen LogP contribution in [0.3, 0.4) is 0 Å². The van der Waals surface area contributed by atoms with Crippen LogP contribution in [0.2, 0.25) is 10.0 Å². The van der Waals surface area contributed by atoms with E-state index in [1.165, 1.54) is 6.42 Å². The van der Waals surface area contributed by atoms with E-state index in [4.69, 9.17) is 38.5 Å². The zero-order chi connectivity index (χ0) is 42.7. The zero-order valence-corrected chi connectivity index (χ0v) is 34.5. The summed E-state index contributed by atoms with van der Waals surface area (Å²) in [6, 6.07) is 26.1. The largest absolute Gasteiger partial charge is 0.511 e. The number of rotatable bonds is 5. The molecule has 308 valence electrons.